The number of hydrogen-bond acceptors (Lipinski definition) is 5. The van der Waals surface area contributed by atoms with Gasteiger partial charge in [0.2, 0.25) is 0 Å². The topological polar surface area (TPSA) is 110 Å². The lowest BCUT2D eigenvalue weighted by atomic mass is 10.3. The summed E-state index contributed by atoms with van der Waals surface area (Å²) >= 11 is 0. The molecule has 1 heterocycles. The van der Waals surface area contributed by atoms with Gasteiger partial charge in [0.1, 0.15) is 18.2 Å². The monoisotopic (exact) mass is 310 g/mol. The van der Waals surface area contributed by atoms with Crippen molar-refractivity contribution in [3.8, 4) is 5.75 Å². The molecule has 0 saturated heterocycles. The van der Waals surface area contributed by atoms with Gasteiger partial charge in [-0.05, 0) is 12.1 Å². The molecular formula is C13H18N4O3S. The van der Waals surface area contributed by atoms with Gasteiger partial charge >= 0.3 is 0 Å². The number of nitrogen functional groups attached to an aromatic ring is 1. The Hall–Kier alpha value is -2.06. The van der Waals surface area contributed by atoms with E-state index in [4.69, 9.17) is 10.5 Å². The molecule has 0 saturated carbocycles. The van der Waals surface area contributed by atoms with Crippen molar-refractivity contribution in [2.24, 2.45) is 0 Å². The Morgan fingerprint density at radius 2 is 2.14 bits per heavy atom. The lowest BCUT2D eigenvalue weighted by Crippen LogP contribution is -2.28. The van der Waals surface area contributed by atoms with Crippen LogP contribution in [0.15, 0.2) is 35.5 Å². The van der Waals surface area contributed by atoms with Crippen LogP contribution in [0.4, 0.5) is 5.69 Å². The molecule has 0 amide bonds. The first kappa shape index (κ1) is 15.3. The quantitative estimate of drug-likeness (QED) is 0.520. The molecule has 0 spiro atoms. The van der Waals surface area contributed by atoms with E-state index < -0.39 is 10.0 Å². The van der Waals surface area contributed by atoms with Crippen LogP contribution in [0.1, 0.15) is 12.7 Å². The molecule has 0 atom stereocenters. The Balaban J connectivity index is 1.86. The predicted molar refractivity (Wildman–Crippen MR) is 79.5 cm³/mol. The van der Waals surface area contributed by atoms with E-state index in [9.17, 15) is 8.42 Å². The number of ether oxygens (including phenoxy) is 1. The van der Waals surface area contributed by atoms with Crippen molar-refractivity contribution < 1.29 is 13.2 Å². The van der Waals surface area contributed by atoms with Crippen molar-refractivity contribution in [1.82, 2.24) is 14.7 Å². The van der Waals surface area contributed by atoms with Crippen molar-refractivity contribution >= 4 is 15.7 Å². The number of sulfonamides is 1. The third-order valence-corrected chi connectivity index (χ3v) is 4.17. The van der Waals surface area contributed by atoms with Crippen LogP contribution in [0.3, 0.4) is 0 Å². The average molecular weight is 310 g/mol. The molecule has 7 nitrogen and oxygen atoms in total. The predicted octanol–water partition coefficient (Wildman–Crippen LogP) is 0.912. The number of H-pyrrole nitrogens is 1. The summed E-state index contributed by atoms with van der Waals surface area (Å²) in [7, 11) is -3.59. The van der Waals surface area contributed by atoms with Crippen molar-refractivity contribution in [3.05, 3.63) is 36.3 Å². The Bertz CT molecular complexity index is 697. The highest BCUT2D eigenvalue weighted by Gasteiger charge is 2.16. The standard InChI is InChI=1S/C13H18N4O3S/c1-2-12-15-9-13(17-12)21(18,19)16-7-8-20-11-6-4-3-5-10(11)14/h3-6,9,16H,2,7-8,14H2,1H3,(H,15,17). The summed E-state index contributed by atoms with van der Waals surface area (Å²) in [6, 6.07) is 7.05. The number of nitrogens with zero attached hydrogens (tertiary/aromatic N) is 1. The van der Waals surface area contributed by atoms with Crippen LogP contribution in [0.5, 0.6) is 5.75 Å². The number of rotatable bonds is 7. The van der Waals surface area contributed by atoms with Crippen LogP contribution in [0.25, 0.3) is 0 Å². The largest absolute Gasteiger partial charge is 0.490 e. The molecule has 0 fully saturated rings. The lowest BCUT2D eigenvalue weighted by molar-refractivity contribution is 0.324. The highest BCUT2D eigenvalue weighted by Crippen LogP contribution is 2.19. The molecule has 0 radical (unpaired) electrons. The lowest BCUT2D eigenvalue weighted by Gasteiger charge is -2.09. The van der Waals surface area contributed by atoms with Gasteiger partial charge in [0.15, 0.2) is 5.03 Å². The van der Waals surface area contributed by atoms with E-state index in [-0.39, 0.29) is 18.2 Å². The van der Waals surface area contributed by atoms with E-state index in [1.165, 1.54) is 6.20 Å². The molecule has 2 aromatic rings. The summed E-state index contributed by atoms with van der Waals surface area (Å²) in [5.41, 5.74) is 6.24. The number of nitrogens with two attached hydrogens (primary N) is 1. The second-order valence-electron chi connectivity index (χ2n) is 4.33. The number of anilines is 1. The van der Waals surface area contributed by atoms with Gasteiger partial charge in [-0.3, -0.25) is 0 Å². The molecule has 1 aromatic heterocycles. The van der Waals surface area contributed by atoms with Gasteiger partial charge in [-0.1, -0.05) is 19.1 Å². The first-order valence-corrected chi connectivity index (χ1v) is 8.02. The van der Waals surface area contributed by atoms with Gasteiger partial charge in [-0.25, -0.2) is 18.1 Å². The minimum atomic E-state index is -3.59. The molecule has 0 aliphatic carbocycles. The summed E-state index contributed by atoms with van der Waals surface area (Å²) < 4.78 is 31.8. The molecular weight excluding hydrogens is 292 g/mol. The number of aryl methyl sites for hydroxylation is 1. The average Bonchev–Trinajstić information content (AvgIpc) is 2.95. The number of aromatic amines is 1. The fourth-order valence-electron chi connectivity index (χ4n) is 1.69. The maximum absolute atomic E-state index is 12.0. The maximum atomic E-state index is 12.0. The smallest absolute Gasteiger partial charge is 0.257 e. The summed E-state index contributed by atoms with van der Waals surface area (Å²) in [6.45, 7) is 2.21. The maximum Gasteiger partial charge on any atom is 0.257 e. The number of benzene rings is 1. The zero-order valence-electron chi connectivity index (χ0n) is 11.7. The molecule has 0 aliphatic rings. The van der Waals surface area contributed by atoms with Gasteiger partial charge < -0.3 is 15.5 Å². The Kier molecular flexibility index (Phi) is 4.81. The van der Waals surface area contributed by atoms with E-state index in [1.54, 1.807) is 24.3 Å². The van der Waals surface area contributed by atoms with Gasteiger partial charge in [0, 0.05) is 13.0 Å². The zero-order valence-corrected chi connectivity index (χ0v) is 12.5. The first-order valence-electron chi connectivity index (χ1n) is 6.54. The van der Waals surface area contributed by atoms with E-state index in [0.29, 0.717) is 23.7 Å². The summed E-state index contributed by atoms with van der Waals surface area (Å²) in [6.07, 6.45) is 1.95. The second kappa shape index (κ2) is 6.59. The van der Waals surface area contributed by atoms with Gasteiger partial charge in [-0.15, -0.1) is 0 Å². The normalized spacial score (nSPS) is 11.5. The molecule has 2 rings (SSSR count). The third kappa shape index (κ3) is 3.96. The van der Waals surface area contributed by atoms with Crippen molar-refractivity contribution in [1.29, 1.82) is 0 Å². The summed E-state index contributed by atoms with van der Waals surface area (Å²) in [4.78, 5) is 6.71. The van der Waals surface area contributed by atoms with Crippen LogP contribution < -0.4 is 15.2 Å². The first-order chi connectivity index (χ1) is 10.0. The van der Waals surface area contributed by atoms with E-state index in [2.05, 4.69) is 14.7 Å². The minimum absolute atomic E-state index is 0.0542. The molecule has 4 N–H and O–H groups in total. The number of aromatic nitrogens is 2. The summed E-state index contributed by atoms with van der Waals surface area (Å²) in [5, 5.41) is 0.0542. The number of hydrogen-bond donors (Lipinski definition) is 3. The van der Waals surface area contributed by atoms with Crippen molar-refractivity contribution in [2.75, 3.05) is 18.9 Å². The fraction of sp³-hybridized carbons (Fsp3) is 0.308. The third-order valence-electron chi connectivity index (χ3n) is 2.80. The van der Waals surface area contributed by atoms with Crippen LogP contribution >= 0.6 is 0 Å². The van der Waals surface area contributed by atoms with E-state index in [0.717, 1.165) is 0 Å². The van der Waals surface area contributed by atoms with Gasteiger partial charge in [0.25, 0.3) is 10.0 Å². The molecule has 21 heavy (non-hydrogen) atoms. The van der Waals surface area contributed by atoms with Gasteiger partial charge in [0.05, 0.1) is 11.9 Å². The number of nitrogens with one attached hydrogen (secondary N) is 2. The summed E-state index contributed by atoms with van der Waals surface area (Å²) in [5.74, 6) is 1.16. The van der Waals surface area contributed by atoms with E-state index >= 15 is 0 Å². The van der Waals surface area contributed by atoms with Crippen molar-refractivity contribution in [2.45, 2.75) is 18.4 Å². The van der Waals surface area contributed by atoms with Gasteiger partial charge in [-0.2, -0.15) is 0 Å². The Morgan fingerprint density at radius 3 is 2.81 bits per heavy atom. The number of para-hydroxylation sites is 2. The highest BCUT2D eigenvalue weighted by atomic mass is 32.2. The van der Waals surface area contributed by atoms with Crippen LogP contribution in [-0.2, 0) is 16.4 Å². The molecule has 0 aliphatic heterocycles. The van der Waals surface area contributed by atoms with Crippen LogP contribution in [0.2, 0.25) is 0 Å². The Morgan fingerprint density at radius 1 is 1.38 bits per heavy atom. The molecule has 8 heteroatoms. The second-order valence-corrected chi connectivity index (χ2v) is 6.07. The highest BCUT2D eigenvalue weighted by molar-refractivity contribution is 7.89. The Labute approximate surface area is 123 Å². The molecule has 114 valence electrons. The fourth-order valence-corrected chi connectivity index (χ4v) is 2.64. The number of imidazole rings is 1. The molecule has 0 bridgehead atoms. The molecule has 0 unspecified atom stereocenters. The molecule has 1 aromatic carbocycles. The van der Waals surface area contributed by atoms with Crippen LogP contribution in [0, 0.1) is 0 Å². The SMILES string of the molecule is CCc1ncc(S(=O)(=O)NCCOc2ccccc2N)[nH]1. The zero-order chi connectivity index (χ0) is 15.3. The minimum Gasteiger partial charge on any atom is -0.490 e. The van der Waals surface area contributed by atoms with E-state index in [1.807, 2.05) is 6.92 Å². The van der Waals surface area contributed by atoms with Crippen molar-refractivity contribution in [3.63, 3.8) is 0 Å². The van der Waals surface area contributed by atoms with Crippen LogP contribution in [-0.4, -0.2) is 31.5 Å².